The number of carbonyl (C=O) groups excluding carboxylic acids is 1. The monoisotopic (exact) mass is 228 g/mol. The molecule has 1 unspecified atom stereocenters. The summed E-state index contributed by atoms with van der Waals surface area (Å²) in [4.78, 5) is 11.9. The predicted molar refractivity (Wildman–Crippen MR) is 69.1 cm³/mol. The van der Waals surface area contributed by atoms with Gasteiger partial charge in [-0.3, -0.25) is 4.79 Å². The van der Waals surface area contributed by atoms with Crippen molar-refractivity contribution in [3.8, 4) is 0 Å². The second-order valence-corrected chi connectivity index (χ2v) is 4.79. The van der Waals surface area contributed by atoms with E-state index in [2.05, 4.69) is 33.0 Å². The van der Waals surface area contributed by atoms with Gasteiger partial charge >= 0.3 is 0 Å². The minimum absolute atomic E-state index is 0.00579. The van der Waals surface area contributed by atoms with Crippen LogP contribution >= 0.6 is 0 Å². The number of nitrogens with one attached hydrogen (secondary N) is 1. The topological polar surface area (TPSA) is 55.1 Å². The van der Waals surface area contributed by atoms with Crippen LogP contribution in [-0.2, 0) is 4.79 Å². The Balaban J connectivity index is 4.22. The van der Waals surface area contributed by atoms with Gasteiger partial charge in [-0.05, 0) is 18.8 Å². The molecule has 3 nitrogen and oxygen atoms in total. The molecule has 0 aromatic carbocycles. The summed E-state index contributed by atoms with van der Waals surface area (Å²) >= 11 is 0. The van der Waals surface area contributed by atoms with E-state index in [9.17, 15) is 4.79 Å². The molecule has 0 radical (unpaired) electrons. The molecule has 3 atom stereocenters. The Bertz CT molecular complexity index is 202. The van der Waals surface area contributed by atoms with Crippen molar-refractivity contribution < 1.29 is 4.79 Å². The molecule has 0 rings (SSSR count). The van der Waals surface area contributed by atoms with Crippen molar-refractivity contribution in [3.63, 3.8) is 0 Å². The number of hydrogen-bond donors (Lipinski definition) is 2. The lowest BCUT2D eigenvalue weighted by Gasteiger charge is -2.25. The third-order valence-electron chi connectivity index (χ3n) is 3.69. The summed E-state index contributed by atoms with van der Waals surface area (Å²) in [6.45, 7) is 10.5. The van der Waals surface area contributed by atoms with Crippen molar-refractivity contribution in [2.75, 3.05) is 0 Å². The fraction of sp³-hybridized carbons (Fsp3) is 0.923. The van der Waals surface area contributed by atoms with Gasteiger partial charge in [-0.25, -0.2) is 0 Å². The Labute approximate surface area is 100 Å². The summed E-state index contributed by atoms with van der Waals surface area (Å²) in [5.41, 5.74) is 5.89. The summed E-state index contributed by atoms with van der Waals surface area (Å²) in [6, 6.07) is -0.153. The highest BCUT2D eigenvalue weighted by Gasteiger charge is 2.22. The van der Waals surface area contributed by atoms with E-state index in [4.69, 9.17) is 5.73 Å². The first kappa shape index (κ1) is 15.4. The maximum Gasteiger partial charge on any atom is 0.237 e. The molecule has 0 spiro atoms. The normalized spacial score (nSPS) is 16.9. The lowest BCUT2D eigenvalue weighted by molar-refractivity contribution is -0.124. The molecule has 0 aromatic heterocycles. The van der Waals surface area contributed by atoms with Crippen LogP contribution < -0.4 is 11.1 Å². The number of nitrogens with two attached hydrogens (primary N) is 1. The molecule has 0 heterocycles. The summed E-state index contributed by atoms with van der Waals surface area (Å²) in [5.74, 6) is 0.788. The van der Waals surface area contributed by atoms with Crippen LogP contribution in [-0.4, -0.2) is 18.0 Å². The Kier molecular flexibility index (Phi) is 7.39. The third-order valence-corrected chi connectivity index (χ3v) is 3.69. The minimum Gasteiger partial charge on any atom is -0.352 e. The Morgan fingerprint density at radius 2 is 1.62 bits per heavy atom. The van der Waals surface area contributed by atoms with Crippen molar-refractivity contribution in [2.24, 2.45) is 17.6 Å². The van der Waals surface area contributed by atoms with Crippen LogP contribution in [0.15, 0.2) is 0 Å². The quantitative estimate of drug-likeness (QED) is 0.702. The molecule has 0 saturated carbocycles. The van der Waals surface area contributed by atoms with Crippen LogP contribution in [0.25, 0.3) is 0 Å². The van der Waals surface area contributed by atoms with Crippen LogP contribution in [0.3, 0.4) is 0 Å². The smallest absolute Gasteiger partial charge is 0.237 e. The molecular weight excluding hydrogens is 200 g/mol. The summed E-state index contributed by atoms with van der Waals surface area (Å²) in [7, 11) is 0. The van der Waals surface area contributed by atoms with Crippen molar-refractivity contribution >= 4 is 5.91 Å². The molecule has 16 heavy (non-hydrogen) atoms. The third kappa shape index (κ3) is 4.52. The number of hydrogen-bond acceptors (Lipinski definition) is 2. The zero-order valence-electron chi connectivity index (χ0n) is 11.4. The molecule has 0 bridgehead atoms. The maximum atomic E-state index is 11.9. The predicted octanol–water partition coefficient (Wildman–Crippen LogP) is 2.30. The largest absolute Gasteiger partial charge is 0.352 e. The summed E-state index contributed by atoms with van der Waals surface area (Å²) < 4.78 is 0. The average Bonchev–Trinajstić information content (AvgIpc) is 2.28. The zero-order chi connectivity index (χ0) is 12.7. The van der Waals surface area contributed by atoms with Crippen molar-refractivity contribution in [1.82, 2.24) is 5.32 Å². The van der Waals surface area contributed by atoms with Gasteiger partial charge in [0.25, 0.3) is 0 Å². The van der Waals surface area contributed by atoms with Gasteiger partial charge in [-0.15, -0.1) is 0 Å². The van der Waals surface area contributed by atoms with E-state index in [0.29, 0.717) is 5.92 Å². The number of amides is 1. The molecular formula is C13H28N2O. The van der Waals surface area contributed by atoms with E-state index in [-0.39, 0.29) is 23.9 Å². The van der Waals surface area contributed by atoms with Crippen molar-refractivity contribution in [1.29, 1.82) is 0 Å². The van der Waals surface area contributed by atoms with Crippen molar-refractivity contribution in [3.05, 3.63) is 0 Å². The van der Waals surface area contributed by atoms with Gasteiger partial charge in [0.05, 0.1) is 6.04 Å². The zero-order valence-corrected chi connectivity index (χ0v) is 11.4. The second-order valence-electron chi connectivity index (χ2n) is 4.79. The molecule has 0 aliphatic carbocycles. The van der Waals surface area contributed by atoms with Gasteiger partial charge in [0.2, 0.25) is 5.91 Å². The van der Waals surface area contributed by atoms with E-state index in [1.807, 2.05) is 6.92 Å². The molecule has 0 aliphatic rings. The highest BCUT2D eigenvalue weighted by Crippen LogP contribution is 2.13. The van der Waals surface area contributed by atoms with E-state index >= 15 is 0 Å². The molecule has 0 saturated heterocycles. The first-order valence-corrected chi connectivity index (χ1v) is 6.53. The van der Waals surface area contributed by atoms with E-state index in [1.54, 1.807) is 0 Å². The molecule has 0 aliphatic heterocycles. The van der Waals surface area contributed by atoms with Crippen LogP contribution in [0, 0.1) is 11.8 Å². The van der Waals surface area contributed by atoms with E-state index in [1.165, 1.54) is 0 Å². The van der Waals surface area contributed by atoms with Crippen LogP contribution in [0.5, 0.6) is 0 Å². The number of carbonyl (C=O) groups is 1. The SMILES string of the molecule is CCC(CC)C(C)NC(=O)[C@@H](N)[C@@H](C)CC. The molecule has 1 amide bonds. The van der Waals surface area contributed by atoms with Gasteiger partial charge in [0.1, 0.15) is 0 Å². The lowest BCUT2D eigenvalue weighted by Crippen LogP contribution is -2.49. The molecule has 0 aromatic rings. The fourth-order valence-corrected chi connectivity index (χ4v) is 1.95. The van der Waals surface area contributed by atoms with Gasteiger partial charge in [0, 0.05) is 6.04 Å². The molecule has 3 N–H and O–H groups in total. The molecule has 3 heteroatoms. The maximum absolute atomic E-state index is 11.9. The van der Waals surface area contributed by atoms with Crippen molar-refractivity contribution in [2.45, 2.75) is 66.0 Å². The highest BCUT2D eigenvalue weighted by atomic mass is 16.2. The first-order chi connectivity index (χ1) is 7.47. The summed E-state index contributed by atoms with van der Waals surface area (Å²) in [6.07, 6.45) is 3.13. The standard InChI is InChI=1S/C13H28N2O/c1-6-9(4)12(14)13(16)15-10(5)11(7-2)8-3/h9-12H,6-8,14H2,1-5H3,(H,15,16)/t9-,10?,12-/m0/s1. The van der Waals surface area contributed by atoms with Crippen LogP contribution in [0.1, 0.15) is 53.9 Å². The van der Waals surface area contributed by atoms with Crippen LogP contribution in [0.2, 0.25) is 0 Å². The second kappa shape index (κ2) is 7.66. The average molecular weight is 228 g/mol. The molecule has 0 fully saturated rings. The summed E-state index contributed by atoms with van der Waals surface area (Å²) in [5, 5.41) is 3.03. The lowest BCUT2D eigenvalue weighted by atomic mass is 9.94. The Hall–Kier alpha value is -0.570. The van der Waals surface area contributed by atoms with Crippen LogP contribution in [0.4, 0.5) is 0 Å². The van der Waals surface area contributed by atoms with Gasteiger partial charge in [0.15, 0.2) is 0 Å². The van der Waals surface area contributed by atoms with Gasteiger partial charge < -0.3 is 11.1 Å². The van der Waals surface area contributed by atoms with E-state index in [0.717, 1.165) is 19.3 Å². The Morgan fingerprint density at radius 3 is 2.00 bits per heavy atom. The first-order valence-electron chi connectivity index (χ1n) is 6.53. The van der Waals surface area contributed by atoms with Gasteiger partial charge in [-0.2, -0.15) is 0 Å². The fourth-order valence-electron chi connectivity index (χ4n) is 1.95. The Morgan fingerprint density at radius 1 is 1.12 bits per heavy atom. The minimum atomic E-state index is -0.373. The molecule has 96 valence electrons. The number of rotatable bonds is 7. The van der Waals surface area contributed by atoms with E-state index < -0.39 is 0 Å². The highest BCUT2D eigenvalue weighted by molar-refractivity contribution is 5.82. The van der Waals surface area contributed by atoms with Gasteiger partial charge in [-0.1, -0.05) is 47.0 Å².